The fourth-order valence-electron chi connectivity index (χ4n) is 5.39. The predicted molar refractivity (Wildman–Crippen MR) is 164 cm³/mol. The molecule has 1 saturated heterocycles. The monoisotopic (exact) mass is 591 g/mol. The van der Waals surface area contributed by atoms with Crippen LogP contribution in [0.25, 0.3) is 33.9 Å². The molecule has 5 N–H and O–H groups in total. The molecule has 44 heavy (non-hydrogen) atoms. The number of likely N-dealkylation sites (tertiary alicyclic amines) is 1. The molecule has 3 atom stereocenters. The van der Waals surface area contributed by atoms with Crippen LogP contribution in [-0.2, 0) is 9.53 Å². The van der Waals surface area contributed by atoms with E-state index < -0.39 is 12.1 Å². The second-order valence-electron chi connectivity index (χ2n) is 10.7. The van der Waals surface area contributed by atoms with Crippen molar-refractivity contribution < 1.29 is 14.3 Å². The number of nitrogens with zero attached hydrogens (tertiary/aromatic N) is 5. The summed E-state index contributed by atoms with van der Waals surface area (Å²) in [7, 11) is 1.27. The van der Waals surface area contributed by atoms with Crippen LogP contribution in [0.15, 0.2) is 79.1 Å². The zero-order valence-electron chi connectivity index (χ0n) is 24.4. The van der Waals surface area contributed by atoms with E-state index in [4.69, 9.17) is 10.5 Å². The molecule has 1 aliphatic heterocycles. The average Bonchev–Trinajstić information content (AvgIpc) is 3.85. The molecule has 224 valence electrons. The maximum absolute atomic E-state index is 13.7. The smallest absolute Gasteiger partial charge is 0.407 e. The second-order valence-corrected chi connectivity index (χ2v) is 10.7. The van der Waals surface area contributed by atoms with E-state index in [1.165, 1.54) is 7.11 Å². The van der Waals surface area contributed by atoms with Gasteiger partial charge in [0.05, 0.1) is 48.7 Å². The molecule has 0 saturated carbocycles. The van der Waals surface area contributed by atoms with Crippen molar-refractivity contribution in [2.24, 2.45) is 5.73 Å². The average molecular weight is 592 g/mol. The minimum absolute atomic E-state index is 0.162. The van der Waals surface area contributed by atoms with Crippen molar-refractivity contribution in [2.45, 2.75) is 37.9 Å². The van der Waals surface area contributed by atoms with Crippen molar-refractivity contribution in [3.63, 3.8) is 0 Å². The number of ether oxygens (including phenoxy) is 1. The van der Waals surface area contributed by atoms with Crippen molar-refractivity contribution in [3.8, 4) is 33.9 Å². The number of imidazole rings is 2. The number of hydrogen-bond donors (Lipinski definition) is 4. The summed E-state index contributed by atoms with van der Waals surface area (Å²) in [5.74, 6) is 1.17. The van der Waals surface area contributed by atoms with E-state index in [-0.39, 0.29) is 18.0 Å². The number of methoxy groups -OCH3 is 1. The van der Waals surface area contributed by atoms with Gasteiger partial charge in [-0.25, -0.2) is 14.8 Å². The van der Waals surface area contributed by atoms with E-state index in [9.17, 15) is 9.59 Å². The Hall–Kier alpha value is -5.36. The Labute approximate surface area is 254 Å². The highest BCUT2D eigenvalue weighted by molar-refractivity contribution is 5.87. The van der Waals surface area contributed by atoms with Gasteiger partial charge in [0.1, 0.15) is 23.4 Å². The summed E-state index contributed by atoms with van der Waals surface area (Å²) < 4.78 is 4.79. The number of rotatable bonds is 8. The zero-order valence-corrected chi connectivity index (χ0v) is 24.4. The lowest BCUT2D eigenvalue weighted by molar-refractivity contribution is -0.134. The Bertz CT molecular complexity index is 1730. The molecule has 4 heterocycles. The number of benzene rings is 2. The van der Waals surface area contributed by atoms with Gasteiger partial charge in [-0.05, 0) is 43.0 Å². The van der Waals surface area contributed by atoms with Crippen molar-refractivity contribution in [3.05, 3.63) is 96.3 Å². The summed E-state index contributed by atoms with van der Waals surface area (Å²) in [6.45, 7) is 2.43. The van der Waals surface area contributed by atoms with Crippen LogP contribution >= 0.6 is 0 Å². The molecule has 0 unspecified atom stereocenters. The van der Waals surface area contributed by atoms with Crippen LogP contribution in [0.2, 0.25) is 0 Å². The first-order chi connectivity index (χ1) is 21.4. The highest BCUT2D eigenvalue weighted by atomic mass is 16.5. The Morgan fingerprint density at radius 2 is 1.64 bits per heavy atom. The van der Waals surface area contributed by atoms with Gasteiger partial charge in [-0.1, -0.05) is 54.6 Å². The third-order valence-electron chi connectivity index (χ3n) is 7.73. The molecule has 0 bridgehead atoms. The number of nitrogens with two attached hydrogens (primary N) is 1. The lowest BCUT2D eigenvalue weighted by Gasteiger charge is -2.28. The summed E-state index contributed by atoms with van der Waals surface area (Å²) in [6.07, 6.45) is 4.37. The number of alkyl carbamates (subject to hydrolysis) is 1. The molecule has 0 spiro atoms. The fourth-order valence-corrected chi connectivity index (χ4v) is 5.39. The van der Waals surface area contributed by atoms with Gasteiger partial charge in [0.25, 0.3) is 5.91 Å². The molecule has 1 aliphatic rings. The number of nitrogens with one attached hydrogen (secondary N) is 3. The number of carbonyl (C=O) groups excluding carboxylic acids is 2. The number of hydrogen-bond acceptors (Lipinski definition) is 8. The topological polar surface area (TPSA) is 168 Å². The molecular weight excluding hydrogens is 558 g/mol. The molecular formula is C32H33N9O3. The summed E-state index contributed by atoms with van der Waals surface area (Å²) >= 11 is 0. The molecule has 0 radical (unpaired) electrons. The first-order valence-electron chi connectivity index (χ1n) is 14.4. The van der Waals surface area contributed by atoms with Gasteiger partial charge >= 0.3 is 6.09 Å². The van der Waals surface area contributed by atoms with Gasteiger partial charge in [0.15, 0.2) is 0 Å². The van der Waals surface area contributed by atoms with Crippen LogP contribution in [0.4, 0.5) is 4.79 Å². The van der Waals surface area contributed by atoms with E-state index in [1.807, 2.05) is 73.7 Å². The number of carbonyl (C=O) groups is 2. The van der Waals surface area contributed by atoms with Crippen LogP contribution in [0.3, 0.4) is 0 Å². The summed E-state index contributed by atoms with van der Waals surface area (Å²) in [5.41, 5.74) is 11.5. The second kappa shape index (κ2) is 12.5. The van der Waals surface area contributed by atoms with Gasteiger partial charge in [-0.15, -0.1) is 10.2 Å². The third kappa shape index (κ3) is 5.92. The molecule has 1 fully saturated rings. The minimum Gasteiger partial charge on any atom is -0.453 e. The van der Waals surface area contributed by atoms with Crippen molar-refractivity contribution in [2.75, 3.05) is 13.7 Å². The van der Waals surface area contributed by atoms with Crippen molar-refractivity contribution >= 4 is 12.0 Å². The van der Waals surface area contributed by atoms with Gasteiger partial charge in [-0.2, -0.15) is 0 Å². The molecule has 6 rings (SSSR count). The van der Waals surface area contributed by atoms with Crippen LogP contribution < -0.4 is 11.1 Å². The largest absolute Gasteiger partial charge is 0.453 e. The highest BCUT2D eigenvalue weighted by Crippen LogP contribution is 2.34. The Morgan fingerprint density at radius 3 is 2.32 bits per heavy atom. The summed E-state index contributed by atoms with van der Waals surface area (Å²) in [6, 6.07) is 19.6. The van der Waals surface area contributed by atoms with Crippen molar-refractivity contribution in [1.29, 1.82) is 0 Å². The molecule has 2 aromatic carbocycles. The quantitative estimate of drug-likeness (QED) is 0.201. The van der Waals surface area contributed by atoms with Gasteiger partial charge in [0.2, 0.25) is 0 Å². The molecule has 0 aliphatic carbocycles. The molecule has 5 aromatic rings. The SMILES string of the molecule is COC(=O)N[C@@H](C(=O)N1CCC[C@H]1c1ncc(-c2ccc(-c3ccc(-c4cnc([C@H](C)N)[nH]4)cc3)nn2)[nH]1)c1ccccc1. The maximum Gasteiger partial charge on any atom is 0.407 e. The van der Waals surface area contributed by atoms with Gasteiger partial charge < -0.3 is 30.7 Å². The zero-order chi connectivity index (χ0) is 30.6. The van der Waals surface area contributed by atoms with Crippen LogP contribution in [0.1, 0.15) is 55.1 Å². The van der Waals surface area contributed by atoms with Crippen molar-refractivity contribution in [1.82, 2.24) is 40.3 Å². The normalized spacial score (nSPS) is 16.0. The Kier molecular flexibility index (Phi) is 8.15. The van der Waals surface area contributed by atoms with Crippen LogP contribution in [-0.4, -0.2) is 60.7 Å². The van der Waals surface area contributed by atoms with E-state index in [1.54, 1.807) is 17.3 Å². The number of aromatic amines is 2. The van der Waals surface area contributed by atoms with E-state index in [0.717, 1.165) is 41.2 Å². The molecule has 12 nitrogen and oxygen atoms in total. The van der Waals surface area contributed by atoms with Crippen LogP contribution in [0, 0.1) is 0 Å². The molecule has 3 aromatic heterocycles. The standard InChI is InChI=1S/C32H33N9O3/c1-19(33)29-34-17-25(36-29)21-12-10-20(11-13-21)23-14-15-24(40-39-23)26-18-35-30(37-26)27-9-6-16-41(27)31(42)28(38-32(43)44-2)22-7-4-3-5-8-22/h3-5,7-8,10-15,17-19,27-28H,6,9,16,33H2,1-2H3,(H,34,36)(H,35,37)(H,38,43)/t19-,27-,28+/m0/s1. The van der Waals surface area contributed by atoms with E-state index in [0.29, 0.717) is 29.3 Å². The summed E-state index contributed by atoms with van der Waals surface area (Å²) in [4.78, 5) is 43.1. The Morgan fingerprint density at radius 1 is 0.932 bits per heavy atom. The summed E-state index contributed by atoms with van der Waals surface area (Å²) in [5, 5.41) is 11.6. The first-order valence-corrected chi connectivity index (χ1v) is 14.4. The lowest BCUT2D eigenvalue weighted by atomic mass is 10.1. The molecule has 2 amide bonds. The first kappa shape index (κ1) is 28.7. The Balaban J connectivity index is 1.17. The van der Waals surface area contributed by atoms with E-state index >= 15 is 0 Å². The molecule has 12 heteroatoms. The van der Waals surface area contributed by atoms with Gasteiger partial charge in [0, 0.05) is 12.1 Å². The minimum atomic E-state index is -0.877. The lowest BCUT2D eigenvalue weighted by Crippen LogP contribution is -2.42. The maximum atomic E-state index is 13.7. The fraction of sp³-hybridized carbons (Fsp3) is 0.250. The van der Waals surface area contributed by atoms with Crippen LogP contribution in [0.5, 0.6) is 0 Å². The number of amides is 2. The number of H-pyrrole nitrogens is 2. The highest BCUT2D eigenvalue weighted by Gasteiger charge is 2.37. The van der Waals surface area contributed by atoms with Gasteiger partial charge in [-0.3, -0.25) is 4.79 Å². The van der Waals surface area contributed by atoms with E-state index in [2.05, 4.69) is 35.5 Å². The predicted octanol–water partition coefficient (Wildman–Crippen LogP) is 4.70. The number of aromatic nitrogens is 6. The third-order valence-corrected chi connectivity index (χ3v) is 7.73.